The van der Waals surface area contributed by atoms with Crippen molar-refractivity contribution in [3.8, 4) is 0 Å². The summed E-state index contributed by atoms with van der Waals surface area (Å²) in [7, 11) is 2.34. The second-order valence-corrected chi connectivity index (χ2v) is 5.45. The van der Waals surface area contributed by atoms with E-state index >= 15 is 0 Å². The van der Waals surface area contributed by atoms with Gasteiger partial charge in [0.05, 0.1) is 0 Å². The summed E-state index contributed by atoms with van der Waals surface area (Å²) < 4.78 is 0. The van der Waals surface area contributed by atoms with E-state index in [1.807, 2.05) is 0 Å². The van der Waals surface area contributed by atoms with E-state index in [0.29, 0.717) is 0 Å². The van der Waals surface area contributed by atoms with E-state index in [0.717, 1.165) is 24.5 Å². The van der Waals surface area contributed by atoms with Crippen molar-refractivity contribution in [1.29, 1.82) is 0 Å². The summed E-state index contributed by atoms with van der Waals surface area (Å²) >= 11 is 0. The average molecular weight is 210 g/mol. The minimum atomic E-state index is 0.762. The fourth-order valence-corrected chi connectivity index (χ4v) is 3.24. The molecule has 0 aromatic heterocycles. The topological polar surface area (TPSA) is 29.3 Å². The van der Waals surface area contributed by atoms with Gasteiger partial charge in [0.25, 0.3) is 0 Å². The summed E-state index contributed by atoms with van der Waals surface area (Å²) in [5.74, 6) is 0.762. The van der Waals surface area contributed by atoms with E-state index in [1.54, 1.807) is 0 Å². The molecular formula is C13H26N2. The molecule has 0 heterocycles. The van der Waals surface area contributed by atoms with Gasteiger partial charge in [-0.2, -0.15) is 0 Å². The van der Waals surface area contributed by atoms with Gasteiger partial charge in [-0.05, 0) is 45.2 Å². The molecule has 2 nitrogen and oxygen atoms in total. The van der Waals surface area contributed by atoms with Gasteiger partial charge in [0.15, 0.2) is 0 Å². The van der Waals surface area contributed by atoms with Gasteiger partial charge in [0, 0.05) is 12.1 Å². The molecule has 0 saturated heterocycles. The Morgan fingerprint density at radius 1 is 1.00 bits per heavy atom. The van der Waals surface area contributed by atoms with Crippen molar-refractivity contribution in [3.63, 3.8) is 0 Å². The molecule has 15 heavy (non-hydrogen) atoms. The quantitative estimate of drug-likeness (QED) is 0.725. The molecule has 0 bridgehead atoms. The van der Waals surface area contributed by atoms with Crippen molar-refractivity contribution < 1.29 is 0 Å². The largest absolute Gasteiger partial charge is 0.330 e. The van der Waals surface area contributed by atoms with Crippen LogP contribution in [0.4, 0.5) is 0 Å². The van der Waals surface area contributed by atoms with Crippen molar-refractivity contribution in [2.45, 2.75) is 63.5 Å². The first-order valence-electron chi connectivity index (χ1n) is 6.75. The normalized spacial score (nSPS) is 33.8. The Bertz CT molecular complexity index is 189. The maximum atomic E-state index is 5.93. The van der Waals surface area contributed by atoms with Crippen LogP contribution in [0.15, 0.2) is 0 Å². The molecule has 2 aliphatic carbocycles. The molecular weight excluding hydrogens is 184 g/mol. The molecule has 2 atom stereocenters. The summed E-state index contributed by atoms with van der Waals surface area (Å²) in [4.78, 5) is 2.66. The Balaban J connectivity index is 1.95. The maximum absolute atomic E-state index is 5.93. The van der Waals surface area contributed by atoms with E-state index in [9.17, 15) is 0 Å². The van der Waals surface area contributed by atoms with E-state index in [4.69, 9.17) is 5.73 Å². The zero-order valence-corrected chi connectivity index (χ0v) is 10.1. The summed E-state index contributed by atoms with van der Waals surface area (Å²) in [5, 5.41) is 0. The molecule has 2 heteroatoms. The molecule has 88 valence electrons. The lowest BCUT2D eigenvalue weighted by molar-refractivity contribution is 0.0734. The van der Waals surface area contributed by atoms with Crippen molar-refractivity contribution in [3.05, 3.63) is 0 Å². The third kappa shape index (κ3) is 2.54. The fourth-order valence-electron chi connectivity index (χ4n) is 3.24. The second-order valence-electron chi connectivity index (χ2n) is 5.45. The highest BCUT2D eigenvalue weighted by Crippen LogP contribution is 2.32. The number of hydrogen-bond donors (Lipinski definition) is 1. The van der Waals surface area contributed by atoms with Crippen LogP contribution in [-0.4, -0.2) is 30.6 Å². The predicted molar refractivity (Wildman–Crippen MR) is 64.8 cm³/mol. The van der Waals surface area contributed by atoms with E-state index in [1.165, 1.54) is 51.4 Å². The molecule has 2 rings (SSSR count). The number of hydrogen-bond acceptors (Lipinski definition) is 2. The Kier molecular flexibility index (Phi) is 4.04. The third-order valence-electron chi connectivity index (χ3n) is 4.60. The van der Waals surface area contributed by atoms with Crippen molar-refractivity contribution in [1.82, 2.24) is 4.90 Å². The van der Waals surface area contributed by atoms with Crippen molar-refractivity contribution in [2.24, 2.45) is 11.7 Å². The molecule has 0 aromatic rings. The number of rotatable bonds is 3. The zero-order valence-electron chi connectivity index (χ0n) is 10.1. The lowest BCUT2D eigenvalue weighted by Gasteiger charge is -2.42. The summed E-state index contributed by atoms with van der Waals surface area (Å²) in [5.41, 5.74) is 5.93. The van der Waals surface area contributed by atoms with Crippen LogP contribution >= 0.6 is 0 Å². The van der Waals surface area contributed by atoms with Crippen LogP contribution in [0.2, 0.25) is 0 Å². The van der Waals surface area contributed by atoms with E-state index < -0.39 is 0 Å². The molecule has 0 aromatic carbocycles. The van der Waals surface area contributed by atoms with Gasteiger partial charge in [0.1, 0.15) is 0 Å². The smallest absolute Gasteiger partial charge is 0.0135 e. The van der Waals surface area contributed by atoms with Crippen LogP contribution in [0.5, 0.6) is 0 Å². The zero-order chi connectivity index (χ0) is 10.7. The van der Waals surface area contributed by atoms with Crippen LogP contribution in [-0.2, 0) is 0 Å². The van der Waals surface area contributed by atoms with Crippen molar-refractivity contribution in [2.75, 3.05) is 13.6 Å². The number of nitrogens with zero attached hydrogens (tertiary/aromatic N) is 1. The molecule has 2 unspecified atom stereocenters. The Morgan fingerprint density at radius 2 is 1.73 bits per heavy atom. The summed E-state index contributed by atoms with van der Waals surface area (Å²) in [6.45, 7) is 0.891. The average Bonchev–Trinajstić information content (AvgIpc) is 2.39. The summed E-state index contributed by atoms with van der Waals surface area (Å²) in [6, 6.07) is 1.66. The minimum absolute atomic E-state index is 0.762. The van der Waals surface area contributed by atoms with Crippen LogP contribution in [0.25, 0.3) is 0 Å². The monoisotopic (exact) mass is 210 g/mol. The Morgan fingerprint density at radius 3 is 2.33 bits per heavy atom. The number of nitrogens with two attached hydrogens (primary N) is 1. The van der Waals surface area contributed by atoms with Crippen molar-refractivity contribution >= 4 is 0 Å². The standard InChI is InChI=1S/C13H26N2/c1-15(12-7-5-8-12)13-9-4-2-3-6-11(13)10-14/h11-13H,2-10,14H2,1H3. The summed E-state index contributed by atoms with van der Waals surface area (Å²) in [6.07, 6.45) is 11.3. The fraction of sp³-hybridized carbons (Fsp3) is 1.00. The molecule has 0 radical (unpaired) electrons. The van der Waals surface area contributed by atoms with Gasteiger partial charge < -0.3 is 10.6 Å². The minimum Gasteiger partial charge on any atom is -0.330 e. The molecule has 2 saturated carbocycles. The first kappa shape index (κ1) is 11.4. The maximum Gasteiger partial charge on any atom is 0.0135 e. The predicted octanol–water partition coefficient (Wildman–Crippen LogP) is 2.38. The van der Waals surface area contributed by atoms with Gasteiger partial charge >= 0.3 is 0 Å². The first-order valence-corrected chi connectivity index (χ1v) is 6.75. The second kappa shape index (κ2) is 5.31. The van der Waals surface area contributed by atoms with Gasteiger partial charge in [-0.1, -0.05) is 25.7 Å². The molecule has 0 amide bonds. The van der Waals surface area contributed by atoms with Crippen LogP contribution in [0.1, 0.15) is 51.4 Å². The molecule has 2 fully saturated rings. The lowest BCUT2D eigenvalue weighted by Crippen LogP contribution is -2.48. The Hall–Kier alpha value is -0.0800. The SMILES string of the molecule is CN(C1CCC1)C1CCCCCC1CN. The molecule has 0 spiro atoms. The lowest BCUT2D eigenvalue weighted by atomic mass is 9.86. The highest BCUT2D eigenvalue weighted by Gasteiger charge is 2.32. The van der Waals surface area contributed by atoms with Gasteiger partial charge in [-0.3, -0.25) is 0 Å². The highest BCUT2D eigenvalue weighted by atomic mass is 15.2. The van der Waals surface area contributed by atoms with Gasteiger partial charge in [0.2, 0.25) is 0 Å². The molecule has 2 N–H and O–H groups in total. The molecule has 2 aliphatic rings. The molecule has 0 aliphatic heterocycles. The van der Waals surface area contributed by atoms with Crippen LogP contribution < -0.4 is 5.73 Å². The van der Waals surface area contributed by atoms with Gasteiger partial charge in [-0.15, -0.1) is 0 Å². The van der Waals surface area contributed by atoms with Crippen LogP contribution in [0.3, 0.4) is 0 Å². The van der Waals surface area contributed by atoms with E-state index in [2.05, 4.69) is 11.9 Å². The van der Waals surface area contributed by atoms with Crippen LogP contribution in [0, 0.1) is 5.92 Å². The third-order valence-corrected chi connectivity index (χ3v) is 4.60. The first-order chi connectivity index (χ1) is 7.33. The highest BCUT2D eigenvalue weighted by molar-refractivity contribution is 4.87. The van der Waals surface area contributed by atoms with E-state index in [-0.39, 0.29) is 0 Å². The van der Waals surface area contributed by atoms with Gasteiger partial charge in [-0.25, -0.2) is 0 Å². The Labute approximate surface area is 94.2 Å².